The minimum Gasteiger partial charge on any atom is -0.537 e. The van der Waals surface area contributed by atoms with Crippen LogP contribution in [-0.4, -0.2) is 20.0 Å². The zero-order valence-electron chi connectivity index (χ0n) is 18.7. The molecule has 0 atom stereocenters. The minimum absolute atomic E-state index is 0.0442. The predicted octanol–water partition coefficient (Wildman–Crippen LogP) is 5.80. The van der Waals surface area contributed by atoms with E-state index in [1.807, 2.05) is 0 Å². The smallest absolute Gasteiger partial charge is 0.319 e. The largest absolute Gasteiger partial charge is 0.537 e. The molecule has 0 spiro atoms. The summed E-state index contributed by atoms with van der Waals surface area (Å²) in [6, 6.07) is 21.5. The van der Waals surface area contributed by atoms with Gasteiger partial charge in [0.15, 0.2) is 0 Å². The first-order valence-electron chi connectivity index (χ1n) is 11.1. The molecule has 0 fully saturated rings. The highest BCUT2D eigenvalue weighted by Gasteiger charge is 2.52. The molecular weight excluding hydrogens is 372 g/mol. The first-order chi connectivity index (χ1) is 14.0. The Morgan fingerprint density at radius 3 is 1.90 bits per heavy atom. The van der Waals surface area contributed by atoms with Crippen LogP contribution in [0, 0.1) is 0 Å². The molecule has 3 heteroatoms. The van der Waals surface area contributed by atoms with E-state index in [1.54, 1.807) is 0 Å². The van der Waals surface area contributed by atoms with E-state index in [0.717, 1.165) is 25.0 Å². The van der Waals surface area contributed by atoms with Crippen LogP contribution in [0.2, 0.25) is 5.04 Å². The second-order valence-electron chi connectivity index (χ2n) is 8.76. The fraction of sp³-hybridized carbons (Fsp3) is 0.462. The summed E-state index contributed by atoms with van der Waals surface area (Å²) in [5, 5.41) is 12.0. The molecule has 29 heavy (non-hydrogen) atoms. The molecular formula is C26H38O2Si. The Morgan fingerprint density at radius 1 is 0.897 bits per heavy atom. The van der Waals surface area contributed by atoms with Gasteiger partial charge in [-0.15, -0.1) is 0 Å². The zero-order valence-corrected chi connectivity index (χ0v) is 19.7. The molecule has 0 aliphatic rings. The van der Waals surface area contributed by atoms with Crippen LogP contribution in [0.5, 0.6) is 0 Å². The average molecular weight is 411 g/mol. The van der Waals surface area contributed by atoms with Gasteiger partial charge in [-0.05, 0) is 40.8 Å². The predicted molar refractivity (Wildman–Crippen MR) is 127 cm³/mol. The van der Waals surface area contributed by atoms with Crippen molar-refractivity contribution in [3.8, 4) is 0 Å². The van der Waals surface area contributed by atoms with Crippen molar-refractivity contribution in [1.29, 1.82) is 0 Å². The van der Waals surface area contributed by atoms with Crippen LogP contribution in [0.3, 0.4) is 0 Å². The van der Waals surface area contributed by atoms with Crippen molar-refractivity contribution in [3.63, 3.8) is 0 Å². The van der Waals surface area contributed by atoms with Gasteiger partial charge in [0.05, 0.1) is 5.76 Å². The molecule has 0 aliphatic heterocycles. The summed E-state index contributed by atoms with van der Waals surface area (Å²) in [6.07, 6.45) is 8.48. The molecule has 0 saturated heterocycles. The number of aliphatic hydroxyl groups excluding tert-OH is 1. The molecule has 0 radical (unpaired) electrons. The number of aliphatic hydroxyl groups is 1. The topological polar surface area (TPSA) is 29.5 Å². The monoisotopic (exact) mass is 410 g/mol. The summed E-state index contributed by atoms with van der Waals surface area (Å²) in [7, 11) is -2.58. The van der Waals surface area contributed by atoms with Gasteiger partial charge < -0.3 is 9.53 Å². The maximum Gasteiger partial charge on any atom is 0.319 e. The Morgan fingerprint density at radius 2 is 1.45 bits per heavy atom. The molecule has 0 unspecified atom stereocenters. The first kappa shape index (κ1) is 23.4. The molecule has 0 saturated carbocycles. The van der Waals surface area contributed by atoms with E-state index >= 15 is 0 Å². The van der Waals surface area contributed by atoms with Crippen LogP contribution >= 0.6 is 0 Å². The summed E-state index contributed by atoms with van der Waals surface area (Å²) < 4.78 is 7.15. The Labute approximate surface area is 178 Å². The van der Waals surface area contributed by atoms with Gasteiger partial charge in [-0.3, -0.25) is 0 Å². The second kappa shape index (κ2) is 11.4. The third kappa shape index (κ3) is 6.07. The molecule has 158 valence electrons. The van der Waals surface area contributed by atoms with Gasteiger partial charge >= 0.3 is 8.32 Å². The normalized spacial score (nSPS) is 12.8. The van der Waals surface area contributed by atoms with Crippen molar-refractivity contribution >= 4 is 18.7 Å². The maximum absolute atomic E-state index is 9.45. The molecule has 2 aromatic rings. The highest BCUT2D eigenvalue weighted by molar-refractivity contribution is 6.99. The van der Waals surface area contributed by atoms with Gasteiger partial charge in [0.1, 0.15) is 0 Å². The molecule has 0 amide bonds. The Bertz CT molecular complexity index is 693. The molecule has 2 nitrogen and oxygen atoms in total. The van der Waals surface area contributed by atoms with E-state index in [0.29, 0.717) is 0 Å². The molecule has 0 heterocycles. The van der Waals surface area contributed by atoms with Crippen molar-refractivity contribution in [3.05, 3.63) is 72.5 Å². The summed E-state index contributed by atoms with van der Waals surface area (Å²) in [6.45, 7) is 9.34. The standard InChI is InChI=1S/C26H38O2Si/c1-5-6-7-10-16-23(17-15-22-27)28-29(26(2,3)4,24-18-11-8-12-19-24)25-20-13-9-14-21-25/h8-9,11-14,16,18-21,27H,5-7,10,15,17,22H2,1-4H3. The van der Waals surface area contributed by atoms with Crippen LogP contribution in [0.15, 0.2) is 72.5 Å². The third-order valence-corrected chi connectivity index (χ3v) is 10.4. The van der Waals surface area contributed by atoms with E-state index in [4.69, 9.17) is 4.43 Å². The lowest BCUT2D eigenvalue weighted by Gasteiger charge is -2.43. The van der Waals surface area contributed by atoms with Crippen LogP contribution in [0.1, 0.15) is 66.2 Å². The SMILES string of the molecule is CCCCCC=C(CCCO)O[Si](c1ccccc1)(c1ccccc1)C(C)(C)C. The zero-order chi connectivity index (χ0) is 21.2. The number of allylic oxidation sites excluding steroid dienone is 2. The summed E-state index contributed by atoms with van der Waals surface area (Å²) in [5.41, 5.74) is 0. The number of hydrogen-bond acceptors (Lipinski definition) is 2. The molecule has 2 aromatic carbocycles. The highest BCUT2D eigenvalue weighted by Crippen LogP contribution is 2.38. The number of hydrogen-bond donors (Lipinski definition) is 1. The van der Waals surface area contributed by atoms with E-state index in [1.165, 1.54) is 29.6 Å². The Hall–Kier alpha value is -1.84. The fourth-order valence-corrected chi connectivity index (χ4v) is 8.46. The van der Waals surface area contributed by atoms with Gasteiger partial charge in [-0.25, -0.2) is 0 Å². The second-order valence-corrected chi connectivity index (χ2v) is 13.0. The van der Waals surface area contributed by atoms with Crippen molar-refractivity contribution < 1.29 is 9.53 Å². The van der Waals surface area contributed by atoms with E-state index in [2.05, 4.69) is 94.4 Å². The lowest BCUT2D eigenvalue weighted by Crippen LogP contribution is -2.66. The lowest BCUT2D eigenvalue weighted by atomic mass is 10.1. The quantitative estimate of drug-likeness (QED) is 0.288. The van der Waals surface area contributed by atoms with Crippen LogP contribution in [0.4, 0.5) is 0 Å². The van der Waals surface area contributed by atoms with Gasteiger partial charge in [-0.1, -0.05) is 101 Å². The van der Waals surface area contributed by atoms with Gasteiger partial charge in [-0.2, -0.15) is 0 Å². The van der Waals surface area contributed by atoms with Crippen molar-refractivity contribution in [1.82, 2.24) is 0 Å². The summed E-state index contributed by atoms with van der Waals surface area (Å²) >= 11 is 0. The van der Waals surface area contributed by atoms with Crippen molar-refractivity contribution in [2.45, 2.75) is 71.3 Å². The fourth-order valence-electron chi connectivity index (χ4n) is 3.95. The Balaban J connectivity index is 2.55. The van der Waals surface area contributed by atoms with Gasteiger partial charge in [0, 0.05) is 13.0 Å². The lowest BCUT2D eigenvalue weighted by molar-refractivity contribution is 0.276. The van der Waals surface area contributed by atoms with E-state index in [-0.39, 0.29) is 11.6 Å². The summed E-state index contributed by atoms with van der Waals surface area (Å²) in [5.74, 6) is 1.05. The number of benzene rings is 2. The van der Waals surface area contributed by atoms with Crippen LogP contribution < -0.4 is 10.4 Å². The number of rotatable bonds is 11. The molecule has 2 rings (SSSR count). The molecule has 1 N–H and O–H groups in total. The van der Waals surface area contributed by atoms with E-state index in [9.17, 15) is 5.11 Å². The first-order valence-corrected chi connectivity index (χ1v) is 13.0. The third-order valence-electron chi connectivity index (χ3n) is 5.46. The Kier molecular flexibility index (Phi) is 9.19. The van der Waals surface area contributed by atoms with Crippen LogP contribution in [0.25, 0.3) is 0 Å². The van der Waals surface area contributed by atoms with Crippen molar-refractivity contribution in [2.24, 2.45) is 0 Å². The molecule has 0 aromatic heterocycles. The highest BCUT2D eigenvalue weighted by atomic mass is 28.4. The average Bonchev–Trinajstić information content (AvgIpc) is 2.73. The van der Waals surface area contributed by atoms with Gasteiger partial charge in [0.2, 0.25) is 0 Å². The van der Waals surface area contributed by atoms with Crippen LogP contribution in [-0.2, 0) is 4.43 Å². The van der Waals surface area contributed by atoms with Gasteiger partial charge in [0.25, 0.3) is 0 Å². The number of unbranched alkanes of at least 4 members (excludes halogenated alkanes) is 3. The van der Waals surface area contributed by atoms with Crippen molar-refractivity contribution in [2.75, 3.05) is 6.61 Å². The van der Waals surface area contributed by atoms with E-state index < -0.39 is 8.32 Å². The maximum atomic E-state index is 9.45. The minimum atomic E-state index is -2.58. The molecule has 0 aliphatic carbocycles. The molecule has 0 bridgehead atoms. The summed E-state index contributed by atoms with van der Waals surface area (Å²) in [4.78, 5) is 0.